The summed E-state index contributed by atoms with van der Waals surface area (Å²) in [5.74, 6) is -2.41. The van der Waals surface area contributed by atoms with Gasteiger partial charge >= 0.3 is 0 Å². The lowest BCUT2D eigenvalue weighted by Gasteiger charge is -2.24. The van der Waals surface area contributed by atoms with Crippen molar-refractivity contribution in [1.82, 2.24) is 24.3 Å². The Hall–Kier alpha value is -5.44. The molecule has 10 nitrogen and oxygen atoms in total. The van der Waals surface area contributed by atoms with Crippen LogP contribution in [0.5, 0.6) is 5.75 Å². The van der Waals surface area contributed by atoms with E-state index in [1.54, 1.807) is 47.3 Å². The van der Waals surface area contributed by atoms with Crippen LogP contribution in [0.3, 0.4) is 0 Å². The van der Waals surface area contributed by atoms with E-state index in [1.165, 1.54) is 13.0 Å². The molecule has 3 aromatic heterocycles. The zero-order valence-electron chi connectivity index (χ0n) is 20.3. The van der Waals surface area contributed by atoms with E-state index in [9.17, 15) is 18.7 Å². The smallest absolute Gasteiger partial charge is 0.240 e. The van der Waals surface area contributed by atoms with Gasteiger partial charge in [-0.2, -0.15) is 5.26 Å². The van der Waals surface area contributed by atoms with Crippen molar-refractivity contribution in [2.45, 2.75) is 18.8 Å². The third-order valence-electron chi connectivity index (χ3n) is 6.87. The number of carbonyl (C=O) groups excluding carboxylic acids is 1. The first kappa shape index (κ1) is 23.9. The molecule has 0 aliphatic carbocycles. The first-order chi connectivity index (χ1) is 18.7. The fourth-order valence-electron chi connectivity index (χ4n) is 4.83. The fraction of sp³-hybridized carbons (Fsp3) is 0.111. The van der Waals surface area contributed by atoms with Gasteiger partial charge in [-0.15, -0.1) is 0 Å². The number of rotatable bonds is 4. The molecule has 4 heterocycles. The van der Waals surface area contributed by atoms with Crippen LogP contribution in [0.25, 0.3) is 17.2 Å². The van der Waals surface area contributed by atoms with Gasteiger partial charge in [-0.1, -0.05) is 18.2 Å². The second-order valence-corrected chi connectivity index (χ2v) is 9.20. The van der Waals surface area contributed by atoms with Gasteiger partial charge in [0.05, 0.1) is 11.3 Å². The molecular weight excluding hydrogens is 506 g/mol. The highest BCUT2D eigenvalue weighted by Crippen LogP contribution is 2.46. The highest BCUT2D eigenvalue weighted by molar-refractivity contribution is 6.09. The topological polar surface area (TPSA) is 155 Å². The van der Waals surface area contributed by atoms with Crippen LogP contribution in [-0.4, -0.2) is 35.4 Å². The zero-order chi connectivity index (χ0) is 27.5. The molecule has 39 heavy (non-hydrogen) atoms. The van der Waals surface area contributed by atoms with E-state index in [2.05, 4.69) is 25.3 Å². The minimum atomic E-state index is -1.55. The first-order valence-corrected chi connectivity index (χ1v) is 11.7. The molecule has 5 aromatic rings. The normalized spacial score (nSPS) is 16.2. The maximum Gasteiger partial charge on any atom is 0.240 e. The first-order valence-electron chi connectivity index (χ1n) is 11.7. The van der Waals surface area contributed by atoms with E-state index in [4.69, 9.17) is 11.0 Å². The van der Waals surface area contributed by atoms with Gasteiger partial charge in [0.1, 0.15) is 51.8 Å². The SMILES string of the molecule is C[C@]1(c2cc(O)c(C#N)c(F)c2)C(=O)Nc2nc(-c3cn4ccnc4c(Cc4ccccc4F)n3)nc(N)c21. The maximum atomic E-state index is 14.5. The monoisotopic (exact) mass is 524 g/mol. The summed E-state index contributed by atoms with van der Waals surface area (Å²) in [6.07, 6.45) is 5.08. The summed E-state index contributed by atoms with van der Waals surface area (Å²) in [6, 6.07) is 10.1. The second kappa shape index (κ2) is 8.56. The minimum Gasteiger partial charge on any atom is -0.506 e. The highest BCUT2D eigenvalue weighted by Gasteiger charge is 2.48. The number of anilines is 2. The van der Waals surface area contributed by atoms with Gasteiger partial charge in [0, 0.05) is 25.0 Å². The van der Waals surface area contributed by atoms with Crippen molar-refractivity contribution in [1.29, 1.82) is 5.26 Å². The van der Waals surface area contributed by atoms with Crippen LogP contribution >= 0.6 is 0 Å². The number of amides is 1. The number of nitrogens with zero attached hydrogens (tertiary/aromatic N) is 6. The predicted molar refractivity (Wildman–Crippen MR) is 135 cm³/mol. The van der Waals surface area contributed by atoms with Crippen molar-refractivity contribution >= 4 is 23.2 Å². The van der Waals surface area contributed by atoms with Crippen LogP contribution in [0.15, 0.2) is 55.0 Å². The maximum absolute atomic E-state index is 14.5. The number of hydrogen-bond acceptors (Lipinski definition) is 8. The van der Waals surface area contributed by atoms with E-state index in [0.29, 0.717) is 22.6 Å². The largest absolute Gasteiger partial charge is 0.506 e. The highest BCUT2D eigenvalue weighted by atomic mass is 19.1. The molecule has 0 saturated heterocycles. The van der Waals surface area contributed by atoms with Gasteiger partial charge < -0.3 is 20.6 Å². The Kier molecular flexibility index (Phi) is 5.25. The second-order valence-electron chi connectivity index (χ2n) is 9.20. The number of benzene rings is 2. The lowest BCUT2D eigenvalue weighted by Crippen LogP contribution is -2.33. The van der Waals surface area contributed by atoms with Crippen LogP contribution in [0.2, 0.25) is 0 Å². The molecule has 0 unspecified atom stereocenters. The van der Waals surface area contributed by atoms with Crippen LogP contribution in [0.1, 0.15) is 34.9 Å². The molecule has 1 amide bonds. The lowest BCUT2D eigenvalue weighted by atomic mass is 9.77. The summed E-state index contributed by atoms with van der Waals surface area (Å²) in [6.45, 7) is 1.50. The molecule has 2 aromatic carbocycles. The number of phenolic OH excluding ortho intramolecular Hbond substituents is 1. The molecule has 0 fully saturated rings. The van der Waals surface area contributed by atoms with Crippen molar-refractivity contribution in [3.05, 3.63) is 94.6 Å². The molecule has 4 N–H and O–H groups in total. The summed E-state index contributed by atoms with van der Waals surface area (Å²) in [4.78, 5) is 31.1. The van der Waals surface area contributed by atoms with E-state index < -0.39 is 28.5 Å². The molecule has 6 rings (SSSR count). The third kappa shape index (κ3) is 3.63. The molecule has 0 bridgehead atoms. The van der Waals surface area contributed by atoms with Crippen LogP contribution in [0, 0.1) is 23.0 Å². The Balaban J connectivity index is 1.47. The van der Waals surface area contributed by atoms with E-state index >= 15 is 0 Å². The number of nitriles is 1. The lowest BCUT2D eigenvalue weighted by molar-refractivity contribution is -0.119. The molecule has 0 spiro atoms. The van der Waals surface area contributed by atoms with Crippen molar-refractivity contribution in [3.8, 4) is 23.3 Å². The number of fused-ring (bicyclic) bond motifs is 2. The van der Waals surface area contributed by atoms with Gasteiger partial charge in [-0.25, -0.2) is 28.7 Å². The Bertz CT molecular complexity index is 1860. The number of aromatic hydroxyl groups is 1. The fourth-order valence-corrected chi connectivity index (χ4v) is 4.83. The molecule has 0 radical (unpaired) electrons. The molecule has 12 heteroatoms. The molecule has 0 saturated carbocycles. The van der Waals surface area contributed by atoms with Crippen LogP contribution < -0.4 is 11.1 Å². The van der Waals surface area contributed by atoms with Crippen LogP contribution in [-0.2, 0) is 16.6 Å². The van der Waals surface area contributed by atoms with E-state index in [-0.39, 0.29) is 40.8 Å². The third-order valence-corrected chi connectivity index (χ3v) is 6.87. The minimum absolute atomic E-state index is 0.0664. The Labute approximate surface area is 219 Å². The average molecular weight is 524 g/mol. The summed E-state index contributed by atoms with van der Waals surface area (Å²) in [5, 5.41) is 21.9. The van der Waals surface area contributed by atoms with Gasteiger partial charge in [0.15, 0.2) is 11.5 Å². The Morgan fingerprint density at radius 2 is 1.97 bits per heavy atom. The van der Waals surface area contributed by atoms with Gasteiger partial charge in [0.25, 0.3) is 0 Å². The van der Waals surface area contributed by atoms with Gasteiger partial charge in [-0.05, 0) is 36.2 Å². The van der Waals surface area contributed by atoms with Crippen molar-refractivity contribution in [2.24, 2.45) is 0 Å². The number of nitrogens with one attached hydrogen (secondary N) is 1. The number of imidazole rings is 1. The Morgan fingerprint density at radius 1 is 1.18 bits per heavy atom. The summed E-state index contributed by atoms with van der Waals surface area (Å²) in [7, 11) is 0. The number of nitrogens with two attached hydrogens (primary N) is 1. The summed E-state index contributed by atoms with van der Waals surface area (Å²) >= 11 is 0. The number of hydrogen-bond donors (Lipinski definition) is 3. The number of nitrogen functional groups attached to an aromatic ring is 1. The number of carbonyl (C=O) groups is 1. The predicted octanol–water partition coefficient (Wildman–Crippen LogP) is 3.47. The standard InChI is InChI=1S/C27H18F2N8O2/c1-27(14-9-17(29)15(11-30)20(38)10-14)21-22(31)34-23(35-24(21)36-26(27)39)19-12-37-7-6-32-25(37)18(33-19)8-13-4-2-3-5-16(13)28/h2-7,9-10,12,38H,8H2,1H3,(H3,31,34,35,36,39)/t27-/m1/s1. The summed E-state index contributed by atoms with van der Waals surface area (Å²) in [5.41, 5.74) is 6.25. The number of phenols is 1. The zero-order valence-corrected chi connectivity index (χ0v) is 20.3. The van der Waals surface area contributed by atoms with Crippen molar-refractivity contribution in [2.75, 3.05) is 11.1 Å². The quantitative estimate of drug-likeness (QED) is 0.323. The number of halogens is 2. The molecule has 1 atom stereocenters. The van der Waals surface area contributed by atoms with Gasteiger partial charge in [0.2, 0.25) is 5.91 Å². The average Bonchev–Trinajstić information content (AvgIpc) is 3.48. The molecule has 192 valence electrons. The van der Waals surface area contributed by atoms with Crippen molar-refractivity contribution in [3.63, 3.8) is 0 Å². The van der Waals surface area contributed by atoms with Crippen molar-refractivity contribution < 1.29 is 18.7 Å². The van der Waals surface area contributed by atoms with Gasteiger partial charge in [-0.3, -0.25) is 4.79 Å². The van der Waals surface area contributed by atoms with E-state index in [1.807, 2.05) is 0 Å². The Morgan fingerprint density at radius 3 is 2.72 bits per heavy atom. The van der Waals surface area contributed by atoms with Crippen LogP contribution in [0.4, 0.5) is 20.4 Å². The van der Waals surface area contributed by atoms with E-state index in [0.717, 1.165) is 12.1 Å². The molecule has 1 aliphatic heterocycles. The summed E-state index contributed by atoms with van der Waals surface area (Å²) < 4.78 is 30.6. The number of aromatic nitrogens is 5. The molecular formula is C27H18F2N8O2. The molecule has 1 aliphatic rings.